The molecular weight excluding hydrogens is 160 g/mol. The molecule has 0 aliphatic carbocycles. The van der Waals surface area contributed by atoms with E-state index in [2.05, 4.69) is 24.8 Å². The van der Waals surface area contributed by atoms with Crippen LogP contribution in [0.2, 0.25) is 0 Å². The van der Waals surface area contributed by atoms with Crippen LogP contribution in [0.1, 0.15) is 33.1 Å². The highest BCUT2D eigenvalue weighted by Gasteiger charge is 2.12. The van der Waals surface area contributed by atoms with Crippen molar-refractivity contribution in [1.29, 1.82) is 0 Å². The number of hydrogen-bond donors (Lipinski definition) is 1. The Hall–Kier alpha value is -0.340. The van der Waals surface area contributed by atoms with Gasteiger partial charge in [0.05, 0.1) is 0 Å². The summed E-state index contributed by atoms with van der Waals surface area (Å²) in [5.74, 6) is 0. The second-order valence-electron chi connectivity index (χ2n) is 4.12. The van der Waals surface area contributed by atoms with Gasteiger partial charge in [0.15, 0.2) is 0 Å². The van der Waals surface area contributed by atoms with Gasteiger partial charge in [-0.2, -0.15) is 0 Å². The summed E-state index contributed by atoms with van der Waals surface area (Å²) in [5.41, 5.74) is 7.49. The highest BCUT2D eigenvalue weighted by atomic mass is 15.1. The third-order valence-corrected chi connectivity index (χ3v) is 2.56. The standard InChI is InChI=1S/C11H22N2/c1-3-5-11(12)9-13-7-4-6-10(2)8-13/h6,11H,3-5,7-9,12H2,1-2H3. The van der Waals surface area contributed by atoms with Gasteiger partial charge < -0.3 is 5.73 Å². The Labute approximate surface area is 81.8 Å². The Balaban J connectivity index is 2.25. The molecule has 0 aromatic rings. The molecule has 13 heavy (non-hydrogen) atoms. The van der Waals surface area contributed by atoms with E-state index in [0.717, 1.165) is 19.5 Å². The lowest BCUT2D eigenvalue weighted by atomic mass is 10.1. The molecule has 2 heteroatoms. The van der Waals surface area contributed by atoms with Gasteiger partial charge in [0, 0.05) is 25.7 Å². The van der Waals surface area contributed by atoms with E-state index in [1.807, 2.05) is 0 Å². The van der Waals surface area contributed by atoms with Gasteiger partial charge in [0.2, 0.25) is 0 Å². The largest absolute Gasteiger partial charge is 0.327 e. The third-order valence-electron chi connectivity index (χ3n) is 2.56. The summed E-state index contributed by atoms with van der Waals surface area (Å²) in [6, 6.07) is 0.371. The van der Waals surface area contributed by atoms with Crippen molar-refractivity contribution in [3.63, 3.8) is 0 Å². The monoisotopic (exact) mass is 182 g/mol. The first kappa shape index (κ1) is 10.7. The van der Waals surface area contributed by atoms with Crippen LogP contribution in [0.25, 0.3) is 0 Å². The molecule has 2 nitrogen and oxygen atoms in total. The first-order valence-corrected chi connectivity index (χ1v) is 5.36. The summed E-state index contributed by atoms with van der Waals surface area (Å²) in [5, 5.41) is 0. The fraction of sp³-hybridized carbons (Fsp3) is 0.818. The molecule has 0 spiro atoms. The van der Waals surface area contributed by atoms with Gasteiger partial charge in [-0.15, -0.1) is 0 Å². The summed E-state index contributed by atoms with van der Waals surface area (Å²) in [4.78, 5) is 2.47. The Bertz CT molecular complexity index is 175. The van der Waals surface area contributed by atoms with Gasteiger partial charge in [-0.25, -0.2) is 0 Å². The molecule has 0 fully saturated rings. The molecule has 76 valence electrons. The van der Waals surface area contributed by atoms with E-state index in [9.17, 15) is 0 Å². The fourth-order valence-corrected chi connectivity index (χ4v) is 1.94. The van der Waals surface area contributed by atoms with E-state index < -0.39 is 0 Å². The molecule has 1 unspecified atom stereocenters. The van der Waals surface area contributed by atoms with Gasteiger partial charge >= 0.3 is 0 Å². The smallest absolute Gasteiger partial charge is 0.0190 e. The van der Waals surface area contributed by atoms with E-state index in [0.29, 0.717) is 6.04 Å². The molecule has 2 N–H and O–H groups in total. The van der Waals surface area contributed by atoms with Gasteiger partial charge in [-0.05, 0) is 19.8 Å². The van der Waals surface area contributed by atoms with Gasteiger partial charge in [-0.1, -0.05) is 25.0 Å². The summed E-state index contributed by atoms with van der Waals surface area (Å²) in [6.45, 7) is 7.78. The summed E-state index contributed by atoms with van der Waals surface area (Å²) in [7, 11) is 0. The molecule has 1 rings (SSSR count). The van der Waals surface area contributed by atoms with Crippen molar-refractivity contribution < 1.29 is 0 Å². The quantitative estimate of drug-likeness (QED) is 0.671. The first-order chi connectivity index (χ1) is 6.22. The maximum Gasteiger partial charge on any atom is 0.0190 e. The molecule has 0 aromatic heterocycles. The first-order valence-electron chi connectivity index (χ1n) is 5.36. The molecule has 0 bridgehead atoms. The average molecular weight is 182 g/mol. The molecule has 1 aliphatic rings. The van der Waals surface area contributed by atoms with E-state index >= 15 is 0 Å². The second kappa shape index (κ2) is 5.40. The Morgan fingerprint density at radius 2 is 2.38 bits per heavy atom. The lowest BCUT2D eigenvalue weighted by molar-refractivity contribution is 0.266. The predicted octanol–water partition coefficient (Wildman–Crippen LogP) is 1.77. The van der Waals surface area contributed by atoms with Gasteiger partial charge in [-0.3, -0.25) is 4.90 Å². The number of rotatable bonds is 4. The van der Waals surface area contributed by atoms with Crippen molar-refractivity contribution >= 4 is 0 Å². The summed E-state index contributed by atoms with van der Waals surface area (Å²) < 4.78 is 0. The number of hydrogen-bond acceptors (Lipinski definition) is 2. The summed E-state index contributed by atoms with van der Waals surface area (Å²) >= 11 is 0. The molecular formula is C11H22N2. The van der Waals surface area contributed by atoms with Crippen LogP contribution in [0.4, 0.5) is 0 Å². The third kappa shape index (κ3) is 3.92. The van der Waals surface area contributed by atoms with Crippen LogP contribution in [-0.4, -0.2) is 30.6 Å². The zero-order valence-corrected chi connectivity index (χ0v) is 8.92. The molecule has 1 aliphatic heterocycles. The molecule has 0 amide bonds. The fourth-order valence-electron chi connectivity index (χ4n) is 1.94. The van der Waals surface area contributed by atoms with E-state index in [1.54, 1.807) is 0 Å². The van der Waals surface area contributed by atoms with Crippen molar-refractivity contribution in [2.24, 2.45) is 5.73 Å². The normalized spacial score (nSPS) is 21.3. The predicted molar refractivity (Wildman–Crippen MR) is 57.7 cm³/mol. The van der Waals surface area contributed by atoms with Crippen molar-refractivity contribution in [3.8, 4) is 0 Å². The van der Waals surface area contributed by atoms with E-state index in [1.165, 1.54) is 25.0 Å². The van der Waals surface area contributed by atoms with Crippen molar-refractivity contribution in [2.75, 3.05) is 19.6 Å². The molecule has 0 saturated heterocycles. The van der Waals surface area contributed by atoms with Gasteiger partial charge in [0.25, 0.3) is 0 Å². The highest BCUT2D eigenvalue weighted by molar-refractivity contribution is 5.04. The Morgan fingerprint density at radius 1 is 1.62 bits per heavy atom. The molecule has 1 heterocycles. The Morgan fingerprint density at radius 3 is 3.00 bits per heavy atom. The molecule has 0 radical (unpaired) electrons. The van der Waals surface area contributed by atoms with Crippen molar-refractivity contribution in [2.45, 2.75) is 39.2 Å². The lowest BCUT2D eigenvalue weighted by Crippen LogP contribution is -2.40. The maximum absolute atomic E-state index is 6.00. The van der Waals surface area contributed by atoms with Crippen molar-refractivity contribution in [1.82, 2.24) is 4.90 Å². The topological polar surface area (TPSA) is 29.3 Å². The zero-order chi connectivity index (χ0) is 9.68. The van der Waals surface area contributed by atoms with Crippen LogP contribution < -0.4 is 5.73 Å². The minimum Gasteiger partial charge on any atom is -0.327 e. The van der Waals surface area contributed by atoms with Crippen LogP contribution in [0, 0.1) is 0 Å². The minimum absolute atomic E-state index is 0.371. The Kier molecular flexibility index (Phi) is 4.46. The molecule has 1 atom stereocenters. The lowest BCUT2D eigenvalue weighted by Gasteiger charge is -2.28. The van der Waals surface area contributed by atoms with Crippen molar-refractivity contribution in [3.05, 3.63) is 11.6 Å². The van der Waals surface area contributed by atoms with Crippen LogP contribution in [0.5, 0.6) is 0 Å². The number of nitrogens with zero attached hydrogens (tertiary/aromatic N) is 1. The molecule has 0 saturated carbocycles. The SMILES string of the molecule is CCCC(N)CN1CCC=C(C)C1. The zero-order valence-electron chi connectivity index (χ0n) is 8.92. The van der Waals surface area contributed by atoms with Crippen LogP contribution in [0.15, 0.2) is 11.6 Å². The van der Waals surface area contributed by atoms with E-state index in [4.69, 9.17) is 5.73 Å². The summed E-state index contributed by atoms with van der Waals surface area (Å²) in [6.07, 6.45) is 5.88. The van der Waals surface area contributed by atoms with Crippen LogP contribution >= 0.6 is 0 Å². The van der Waals surface area contributed by atoms with Crippen LogP contribution in [-0.2, 0) is 0 Å². The second-order valence-corrected chi connectivity index (χ2v) is 4.12. The highest BCUT2D eigenvalue weighted by Crippen LogP contribution is 2.09. The molecule has 0 aromatic carbocycles. The van der Waals surface area contributed by atoms with Gasteiger partial charge in [0.1, 0.15) is 0 Å². The average Bonchev–Trinajstić information content (AvgIpc) is 2.04. The number of nitrogens with two attached hydrogens (primary N) is 1. The maximum atomic E-state index is 6.00. The minimum atomic E-state index is 0.371. The van der Waals surface area contributed by atoms with E-state index in [-0.39, 0.29) is 0 Å². The van der Waals surface area contributed by atoms with Crippen LogP contribution in [0.3, 0.4) is 0 Å².